The fraction of sp³-hybridized carbons (Fsp3) is 0.667. The van der Waals surface area contributed by atoms with Gasteiger partial charge in [0.05, 0.1) is 5.41 Å². The molecular formula is C6H10OS. The molecule has 0 aromatic carbocycles. The van der Waals surface area contributed by atoms with Gasteiger partial charge >= 0.3 is 0 Å². The fourth-order valence-electron chi connectivity index (χ4n) is 0.321. The topological polar surface area (TPSA) is 17.1 Å². The van der Waals surface area contributed by atoms with Crippen LogP contribution in [0.1, 0.15) is 19.8 Å². The van der Waals surface area contributed by atoms with Crippen molar-refractivity contribution in [1.29, 1.82) is 0 Å². The SMILES string of the molecule is CCCCSC=C=O. The molecule has 0 unspecified atom stereocenters. The molecule has 0 aromatic rings. The van der Waals surface area contributed by atoms with E-state index < -0.39 is 0 Å². The molecule has 0 fully saturated rings. The average Bonchev–Trinajstić information content (AvgIpc) is 1.81. The zero-order valence-corrected chi connectivity index (χ0v) is 5.83. The monoisotopic (exact) mass is 130 g/mol. The number of rotatable bonds is 4. The van der Waals surface area contributed by atoms with Gasteiger partial charge in [0.25, 0.3) is 0 Å². The summed E-state index contributed by atoms with van der Waals surface area (Å²) in [6.45, 7) is 2.13. The van der Waals surface area contributed by atoms with Gasteiger partial charge in [-0.05, 0) is 12.2 Å². The first-order valence-corrected chi connectivity index (χ1v) is 3.77. The largest absolute Gasteiger partial charge is 0.233 e. The first kappa shape index (κ1) is 7.80. The molecule has 0 aliphatic rings. The molecule has 0 amide bonds. The lowest BCUT2D eigenvalue weighted by Crippen LogP contribution is -1.71. The molecular weight excluding hydrogens is 120 g/mol. The normalized spacial score (nSPS) is 8.12. The van der Waals surface area contributed by atoms with Crippen LogP contribution in [0.3, 0.4) is 0 Å². The lowest BCUT2D eigenvalue weighted by atomic mass is 10.4. The van der Waals surface area contributed by atoms with Crippen LogP contribution in [0.4, 0.5) is 0 Å². The molecule has 0 spiro atoms. The molecule has 0 rings (SSSR count). The molecule has 0 atom stereocenters. The van der Waals surface area contributed by atoms with Gasteiger partial charge in [-0.1, -0.05) is 13.3 Å². The fourth-order valence-corrected chi connectivity index (χ4v) is 0.962. The molecule has 0 aromatic heterocycles. The van der Waals surface area contributed by atoms with Crippen molar-refractivity contribution in [3.8, 4) is 0 Å². The van der Waals surface area contributed by atoms with E-state index in [4.69, 9.17) is 0 Å². The Balaban J connectivity index is 2.82. The van der Waals surface area contributed by atoms with Gasteiger partial charge in [-0.2, -0.15) is 0 Å². The van der Waals surface area contributed by atoms with Gasteiger partial charge in [0, 0.05) is 0 Å². The van der Waals surface area contributed by atoms with Crippen LogP contribution in [0.5, 0.6) is 0 Å². The summed E-state index contributed by atoms with van der Waals surface area (Å²) in [5, 5.41) is 1.47. The summed E-state index contributed by atoms with van der Waals surface area (Å²) < 4.78 is 0. The summed E-state index contributed by atoms with van der Waals surface area (Å²) in [5.41, 5.74) is 0. The van der Waals surface area contributed by atoms with Crippen molar-refractivity contribution in [1.82, 2.24) is 0 Å². The molecule has 0 aliphatic heterocycles. The minimum Gasteiger partial charge on any atom is -0.233 e. The Hall–Kier alpha value is -0.200. The summed E-state index contributed by atoms with van der Waals surface area (Å²) >= 11 is 1.53. The highest BCUT2D eigenvalue weighted by Gasteiger charge is 1.79. The van der Waals surface area contributed by atoms with Crippen molar-refractivity contribution in [3.63, 3.8) is 0 Å². The summed E-state index contributed by atoms with van der Waals surface area (Å²) in [5.74, 6) is 2.76. The Morgan fingerprint density at radius 1 is 1.75 bits per heavy atom. The van der Waals surface area contributed by atoms with E-state index in [-0.39, 0.29) is 0 Å². The molecule has 1 nitrogen and oxygen atoms in total. The Kier molecular flexibility index (Phi) is 6.63. The van der Waals surface area contributed by atoms with Crippen molar-refractivity contribution in [2.45, 2.75) is 19.8 Å². The van der Waals surface area contributed by atoms with E-state index in [0.717, 1.165) is 5.75 Å². The van der Waals surface area contributed by atoms with Crippen molar-refractivity contribution in [2.24, 2.45) is 0 Å². The predicted octanol–water partition coefficient (Wildman–Crippen LogP) is 1.86. The molecule has 0 aliphatic carbocycles. The second-order valence-corrected chi connectivity index (χ2v) is 2.44. The van der Waals surface area contributed by atoms with Crippen LogP contribution in [0.2, 0.25) is 0 Å². The summed E-state index contributed by atoms with van der Waals surface area (Å²) in [7, 11) is 0. The number of hydrogen-bond acceptors (Lipinski definition) is 2. The first-order chi connectivity index (χ1) is 3.91. The number of carbonyl (C=O) groups excluding carboxylic acids is 1. The molecule has 8 heavy (non-hydrogen) atoms. The molecule has 0 saturated heterocycles. The molecule has 0 saturated carbocycles. The lowest BCUT2D eigenvalue weighted by molar-refractivity contribution is 0.569. The maximum atomic E-state index is 9.57. The number of unbranched alkanes of at least 4 members (excludes halogenated alkanes) is 1. The summed E-state index contributed by atoms with van der Waals surface area (Å²) in [6.07, 6.45) is 2.38. The highest BCUT2D eigenvalue weighted by Crippen LogP contribution is 2.02. The van der Waals surface area contributed by atoms with Crippen LogP contribution in [-0.2, 0) is 4.79 Å². The van der Waals surface area contributed by atoms with Gasteiger partial charge < -0.3 is 0 Å². The third-order valence-electron chi connectivity index (χ3n) is 0.747. The zero-order chi connectivity index (χ0) is 6.24. The maximum Gasteiger partial charge on any atom is 0.131 e. The second kappa shape index (κ2) is 6.80. The molecule has 2 heteroatoms. The molecule has 0 radical (unpaired) electrons. The second-order valence-electron chi connectivity index (χ2n) is 1.46. The zero-order valence-electron chi connectivity index (χ0n) is 5.02. The van der Waals surface area contributed by atoms with Gasteiger partial charge in [-0.25, -0.2) is 4.79 Å². The van der Waals surface area contributed by atoms with Gasteiger partial charge in [0.15, 0.2) is 0 Å². The van der Waals surface area contributed by atoms with Crippen molar-refractivity contribution in [3.05, 3.63) is 5.41 Å². The van der Waals surface area contributed by atoms with Gasteiger partial charge in [0.2, 0.25) is 0 Å². The highest BCUT2D eigenvalue weighted by molar-refractivity contribution is 8.02. The van der Waals surface area contributed by atoms with E-state index in [1.807, 2.05) is 0 Å². The molecule has 46 valence electrons. The summed E-state index contributed by atoms with van der Waals surface area (Å²) in [4.78, 5) is 9.57. The van der Waals surface area contributed by atoms with Crippen molar-refractivity contribution in [2.75, 3.05) is 5.75 Å². The Morgan fingerprint density at radius 2 is 2.50 bits per heavy atom. The van der Waals surface area contributed by atoms with Crippen LogP contribution in [0.15, 0.2) is 5.41 Å². The van der Waals surface area contributed by atoms with Crippen molar-refractivity contribution >= 4 is 17.7 Å². The minimum atomic E-state index is 1.05. The van der Waals surface area contributed by atoms with Crippen molar-refractivity contribution < 1.29 is 4.79 Å². The standard InChI is InChI=1S/C6H10OS/c1-2-3-5-8-6-4-7/h6H,2-3,5H2,1H3. The van der Waals surface area contributed by atoms with E-state index in [1.54, 1.807) is 5.94 Å². The van der Waals surface area contributed by atoms with Gasteiger partial charge in [0.1, 0.15) is 5.94 Å². The van der Waals surface area contributed by atoms with Gasteiger partial charge in [-0.15, -0.1) is 11.8 Å². The predicted molar refractivity (Wildman–Crippen MR) is 37.6 cm³/mol. The maximum absolute atomic E-state index is 9.57. The minimum absolute atomic E-state index is 1.05. The number of thioether (sulfide) groups is 1. The Bertz CT molecular complexity index is 84.5. The molecule has 0 heterocycles. The Morgan fingerprint density at radius 3 is 3.00 bits per heavy atom. The van der Waals surface area contributed by atoms with Crippen LogP contribution >= 0.6 is 11.8 Å². The Labute approximate surface area is 54.2 Å². The third-order valence-corrected chi connectivity index (χ3v) is 1.53. The van der Waals surface area contributed by atoms with Crippen LogP contribution in [-0.4, -0.2) is 11.7 Å². The lowest BCUT2D eigenvalue weighted by Gasteiger charge is -1.86. The summed E-state index contributed by atoms with van der Waals surface area (Å²) in [6, 6.07) is 0. The van der Waals surface area contributed by atoms with Crippen LogP contribution < -0.4 is 0 Å². The van der Waals surface area contributed by atoms with E-state index >= 15 is 0 Å². The highest BCUT2D eigenvalue weighted by atomic mass is 32.2. The van der Waals surface area contributed by atoms with E-state index in [9.17, 15) is 4.79 Å². The third kappa shape index (κ3) is 5.80. The van der Waals surface area contributed by atoms with E-state index in [2.05, 4.69) is 6.92 Å². The van der Waals surface area contributed by atoms with E-state index in [0.29, 0.717) is 0 Å². The average molecular weight is 130 g/mol. The van der Waals surface area contributed by atoms with Crippen LogP contribution in [0.25, 0.3) is 0 Å². The quantitative estimate of drug-likeness (QED) is 0.427. The smallest absolute Gasteiger partial charge is 0.131 e. The molecule has 0 N–H and O–H groups in total. The molecule has 0 bridgehead atoms. The number of hydrogen-bond donors (Lipinski definition) is 0. The first-order valence-electron chi connectivity index (χ1n) is 2.72. The van der Waals surface area contributed by atoms with E-state index in [1.165, 1.54) is 30.0 Å². The van der Waals surface area contributed by atoms with Gasteiger partial charge in [-0.3, -0.25) is 0 Å². The van der Waals surface area contributed by atoms with Crippen LogP contribution in [0, 0.1) is 0 Å².